The number of nitrogens with zero attached hydrogens (tertiary/aromatic N) is 2. The number of carbonyl (C=O) groups is 1. The molecular weight excluding hydrogens is 280 g/mol. The Bertz CT molecular complexity index is 579. The number of amides is 1. The van der Waals surface area contributed by atoms with E-state index < -0.39 is 0 Å². The van der Waals surface area contributed by atoms with E-state index in [1.165, 1.54) is 0 Å². The minimum atomic E-state index is -0.0498. The molecule has 0 unspecified atom stereocenters. The number of benzene rings is 1. The second kappa shape index (κ2) is 6.47. The molecule has 1 amide bonds. The van der Waals surface area contributed by atoms with E-state index in [1.54, 1.807) is 24.1 Å². The molecule has 2 saturated heterocycles. The summed E-state index contributed by atoms with van der Waals surface area (Å²) in [5.74, 6) is 0.0557. The second-order valence-electron chi connectivity index (χ2n) is 5.86. The van der Waals surface area contributed by atoms with Gasteiger partial charge in [0.1, 0.15) is 0 Å². The van der Waals surface area contributed by atoms with Crippen molar-refractivity contribution in [3.05, 3.63) is 29.8 Å². The average Bonchev–Trinajstić information content (AvgIpc) is 3.18. The van der Waals surface area contributed by atoms with Gasteiger partial charge in [0.15, 0.2) is 0 Å². The highest BCUT2D eigenvalue weighted by molar-refractivity contribution is 5.95. The zero-order valence-corrected chi connectivity index (χ0v) is 12.7. The minimum absolute atomic E-state index is 0.0498. The number of rotatable bonds is 5. The van der Waals surface area contributed by atoms with Crippen molar-refractivity contribution >= 4 is 11.6 Å². The van der Waals surface area contributed by atoms with Crippen molar-refractivity contribution < 1.29 is 14.3 Å². The first-order chi connectivity index (χ1) is 10.7. The van der Waals surface area contributed by atoms with Crippen LogP contribution in [0.15, 0.2) is 24.3 Å². The molecule has 5 nitrogen and oxygen atoms in total. The molecule has 0 radical (unpaired) electrons. The molecule has 3 atom stereocenters. The second-order valence-corrected chi connectivity index (χ2v) is 5.86. The highest BCUT2D eigenvalue weighted by atomic mass is 16.5. The van der Waals surface area contributed by atoms with E-state index in [9.17, 15) is 4.79 Å². The fourth-order valence-corrected chi connectivity index (χ4v) is 3.36. The van der Waals surface area contributed by atoms with Gasteiger partial charge in [-0.3, -0.25) is 4.79 Å². The topological polar surface area (TPSA) is 62.6 Å². The summed E-state index contributed by atoms with van der Waals surface area (Å²) in [6.07, 6.45) is 3.20. The third-order valence-corrected chi connectivity index (χ3v) is 4.52. The van der Waals surface area contributed by atoms with E-state index in [0.717, 1.165) is 24.9 Å². The van der Waals surface area contributed by atoms with Crippen molar-refractivity contribution in [2.24, 2.45) is 5.92 Å². The number of fused-ring (bicyclic) bond motifs is 2. The fourth-order valence-electron chi connectivity index (χ4n) is 3.36. The van der Waals surface area contributed by atoms with Gasteiger partial charge in [-0.15, -0.1) is 0 Å². The largest absolute Gasteiger partial charge is 0.383 e. The maximum atomic E-state index is 12.9. The van der Waals surface area contributed by atoms with Gasteiger partial charge in [-0.2, -0.15) is 5.26 Å². The van der Waals surface area contributed by atoms with Gasteiger partial charge in [0.2, 0.25) is 5.91 Å². The lowest BCUT2D eigenvalue weighted by Gasteiger charge is -2.28. The normalized spacial score (nSPS) is 25.9. The zero-order valence-electron chi connectivity index (χ0n) is 12.7. The van der Waals surface area contributed by atoms with Gasteiger partial charge in [-0.05, 0) is 43.5 Å². The third kappa shape index (κ3) is 2.85. The van der Waals surface area contributed by atoms with E-state index in [4.69, 9.17) is 14.7 Å². The molecule has 0 aliphatic carbocycles. The van der Waals surface area contributed by atoms with Crippen LogP contribution in [0.25, 0.3) is 0 Å². The number of methoxy groups -OCH3 is 1. The molecule has 1 aromatic rings. The van der Waals surface area contributed by atoms with Crippen LogP contribution in [0.2, 0.25) is 0 Å². The summed E-state index contributed by atoms with van der Waals surface area (Å²) in [7, 11) is 1.63. The molecule has 2 fully saturated rings. The maximum absolute atomic E-state index is 12.9. The fraction of sp³-hybridized carbons (Fsp3) is 0.529. The van der Waals surface area contributed by atoms with Crippen LogP contribution in [-0.2, 0) is 14.3 Å². The monoisotopic (exact) mass is 300 g/mol. The molecule has 22 heavy (non-hydrogen) atoms. The van der Waals surface area contributed by atoms with Gasteiger partial charge < -0.3 is 14.4 Å². The van der Waals surface area contributed by atoms with Crippen LogP contribution in [0.1, 0.15) is 24.8 Å². The first-order valence-electron chi connectivity index (χ1n) is 7.69. The summed E-state index contributed by atoms with van der Waals surface area (Å²) in [4.78, 5) is 14.7. The minimum Gasteiger partial charge on any atom is -0.383 e. The quantitative estimate of drug-likeness (QED) is 0.835. The van der Waals surface area contributed by atoms with Crippen molar-refractivity contribution in [2.75, 3.05) is 25.2 Å². The van der Waals surface area contributed by atoms with Crippen LogP contribution in [0.3, 0.4) is 0 Å². The summed E-state index contributed by atoms with van der Waals surface area (Å²) in [5, 5.41) is 8.89. The highest BCUT2D eigenvalue weighted by Gasteiger charge is 2.45. The molecule has 116 valence electrons. The maximum Gasteiger partial charge on any atom is 0.232 e. The van der Waals surface area contributed by atoms with E-state index in [-0.39, 0.29) is 24.0 Å². The van der Waals surface area contributed by atoms with Crippen molar-refractivity contribution in [3.63, 3.8) is 0 Å². The lowest BCUT2D eigenvalue weighted by Crippen LogP contribution is -2.41. The number of ether oxygens (including phenoxy) is 2. The SMILES string of the molecule is COCCN(C(=O)[C@H]1C[C@H]2CC[C@H]1O2)c1ccc(C#N)cc1. The van der Waals surface area contributed by atoms with Gasteiger partial charge >= 0.3 is 0 Å². The zero-order chi connectivity index (χ0) is 15.5. The Balaban J connectivity index is 1.79. The van der Waals surface area contributed by atoms with E-state index in [0.29, 0.717) is 18.7 Å². The molecule has 5 heteroatoms. The Kier molecular flexibility index (Phi) is 4.41. The first kappa shape index (κ1) is 15.0. The summed E-state index contributed by atoms with van der Waals surface area (Å²) in [5.41, 5.74) is 1.40. The van der Waals surface area contributed by atoms with Gasteiger partial charge in [0.25, 0.3) is 0 Å². The summed E-state index contributed by atoms with van der Waals surface area (Å²) >= 11 is 0. The van der Waals surface area contributed by atoms with Crippen LogP contribution in [0.5, 0.6) is 0 Å². The van der Waals surface area contributed by atoms with E-state index >= 15 is 0 Å². The predicted molar refractivity (Wildman–Crippen MR) is 81.4 cm³/mol. The standard InChI is InChI=1S/C17H20N2O3/c1-21-9-8-19(13-4-2-12(11-18)3-5-13)17(20)15-10-14-6-7-16(15)22-14/h2-5,14-16H,6-10H2,1H3/t14-,15+,16-/m1/s1. The number of anilines is 1. The van der Waals surface area contributed by atoms with Crippen molar-refractivity contribution in [3.8, 4) is 6.07 Å². The smallest absolute Gasteiger partial charge is 0.232 e. The summed E-state index contributed by atoms with van der Waals surface area (Å²) in [6.45, 7) is 0.989. The molecule has 2 aliphatic rings. The van der Waals surface area contributed by atoms with Crippen LogP contribution >= 0.6 is 0 Å². The molecule has 0 N–H and O–H groups in total. The predicted octanol–water partition coefficient (Wildman–Crippen LogP) is 2.11. The summed E-state index contributed by atoms with van der Waals surface area (Å²) < 4.78 is 10.9. The Morgan fingerprint density at radius 2 is 2.18 bits per heavy atom. The van der Waals surface area contributed by atoms with Gasteiger partial charge in [-0.25, -0.2) is 0 Å². The molecule has 0 spiro atoms. The molecule has 3 rings (SSSR count). The Morgan fingerprint density at radius 3 is 2.73 bits per heavy atom. The molecule has 1 aromatic carbocycles. The van der Waals surface area contributed by atoms with Gasteiger partial charge in [0.05, 0.1) is 36.4 Å². The summed E-state index contributed by atoms with van der Waals surface area (Å²) in [6, 6.07) is 9.21. The molecule has 0 aromatic heterocycles. The highest BCUT2D eigenvalue weighted by Crippen LogP contribution is 2.40. The Labute approximate surface area is 130 Å². The number of hydrogen-bond donors (Lipinski definition) is 0. The van der Waals surface area contributed by atoms with Crippen LogP contribution in [0, 0.1) is 17.2 Å². The van der Waals surface area contributed by atoms with Crippen molar-refractivity contribution in [1.82, 2.24) is 0 Å². The van der Waals surface area contributed by atoms with Crippen LogP contribution in [0.4, 0.5) is 5.69 Å². The molecule has 2 bridgehead atoms. The molecule has 2 heterocycles. The van der Waals surface area contributed by atoms with Gasteiger partial charge in [0, 0.05) is 19.3 Å². The first-order valence-corrected chi connectivity index (χ1v) is 7.69. The van der Waals surface area contributed by atoms with Crippen LogP contribution < -0.4 is 4.90 Å². The van der Waals surface area contributed by atoms with E-state index in [2.05, 4.69) is 6.07 Å². The lowest BCUT2D eigenvalue weighted by atomic mass is 9.88. The van der Waals surface area contributed by atoms with Crippen LogP contribution in [-0.4, -0.2) is 38.4 Å². The Hall–Kier alpha value is -1.90. The number of nitriles is 1. The Morgan fingerprint density at radius 1 is 1.41 bits per heavy atom. The van der Waals surface area contributed by atoms with Crippen molar-refractivity contribution in [2.45, 2.75) is 31.5 Å². The van der Waals surface area contributed by atoms with E-state index in [1.807, 2.05) is 12.1 Å². The average molecular weight is 300 g/mol. The number of hydrogen-bond acceptors (Lipinski definition) is 4. The van der Waals surface area contributed by atoms with Gasteiger partial charge in [-0.1, -0.05) is 0 Å². The molecule has 0 saturated carbocycles. The molecular formula is C17H20N2O3. The number of carbonyl (C=O) groups excluding carboxylic acids is 1. The third-order valence-electron chi connectivity index (χ3n) is 4.52. The molecule has 2 aliphatic heterocycles. The lowest BCUT2D eigenvalue weighted by molar-refractivity contribution is -0.124. The van der Waals surface area contributed by atoms with Crippen molar-refractivity contribution in [1.29, 1.82) is 5.26 Å².